The minimum absolute atomic E-state index is 0.156. The lowest BCUT2D eigenvalue weighted by Gasteiger charge is -2.31. The number of pyridine rings is 2. The van der Waals surface area contributed by atoms with Crippen molar-refractivity contribution in [2.24, 2.45) is 0 Å². The summed E-state index contributed by atoms with van der Waals surface area (Å²) in [6, 6.07) is 12.4. The van der Waals surface area contributed by atoms with Crippen LogP contribution in [0.25, 0.3) is 0 Å². The van der Waals surface area contributed by atoms with Gasteiger partial charge in [0.2, 0.25) is 17.7 Å². The number of carbonyl (C=O) groups excluding carboxylic acids is 3. The molecule has 5 aliphatic rings. The minimum atomic E-state index is 0.156. The quantitative estimate of drug-likeness (QED) is 0.426. The summed E-state index contributed by atoms with van der Waals surface area (Å²) in [5.74, 6) is 0.506. The highest BCUT2D eigenvalue weighted by Crippen LogP contribution is 2.13. The highest BCUT2D eigenvalue weighted by molar-refractivity contribution is 9.09. The van der Waals surface area contributed by atoms with Gasteiger partial charge in [-0.2, -0.15) is 0 Å². The lowest BCUT2D eigenvalue weighted by molar-refractivity contribution is -0.137. The van der Waals surface area contributed by atoms with Crippen molar-refractivity contribution in [3.05, 3.63) is 59.2 Å². The average molecular weight is 873 g/mol. The van der Waals surface area contributed by atoms with E-state index in [2.05, 4.69) is 59.5 Å². The summed E-state index contributed by atoms with van der Waals surface area (Å²) >= 11 is 3.12. The molecule has 0 aliphatic carbocycles. The first-order valence-electron chi connectivity index (χ1n) is 21.3. The zero-order valence-electron chi connectivity index (χ0n) is 34.4. The molecule has 5 aliphatic heterocycles. The molecule has 15 nitrogen and oxygen atoms in total. The third kappa shape index (κ3) is 17.3. The van der Waals surface area contributed by atoms with Crippen LogP contribution >= 0.6 is 15.9 Å². The number of hydrogen-bond donors (Lipinski definition) is 2. The van der Waals surface area contributed by atoms with E-state index in [-0.39, 0.29) is 17.7 Å². The standard InChI is InChI=1S/C24H37N5O4.C12H19N3.C6H10BrNO2/c30-23(28-9-13-32-14-10-28)19-26-7-2-1-3-8-27(18-22-6-4-5-21(17-26)25-22)20-24(31)29-11-15-33-16-12-29;1-2-7-13-9-11-5-4-6-12(15-11)10-14-8-3-1;7-5-6(9)8-1-3-10-4-2-8/h4-6H,1-3,7-20H2;4-6,13-14H,1-3,7-10H2;1-5H2. The van der Waals surface area contributed by atoms with Gasteiger partial charge < -0.3 is 39.5 Å². The normalized spacial score (nSPS) is 20.6. The molecule has 16 heteroatoms. The first-order valence-corrected chi connectivity index (χ1v) is 22.5. The number of halogens is 1. The molecule has 0 unspecified atom stereocenters. The van der Waals surface area contributed by atoms with Gasteiger partial charge in [0.25, 0.3) is 0 Å². The number of amides is 3. The minimum Gasteiger partial charge on any atom is -0.378 e. The number of aromatic nitrogens is 2. The number of ether oxygens (including phenoxy) is 3. The van der Waals surface area contributed by atoms with Crippen molar-refractivity contribution < 1.29 is 28.6 Å². The summed E-state index contributed by atoms with van der Waals surface area (Å²) in [6.45, 7) is 16.0. The Labute approximate surface area is 353 Å². The van der Waals surface area contributed by atoms with E-state index < -0.39 is 0 Å². The number of rotatable bonds is 5. The SMILES string of the molecule is O=C(CBr)N1CCOCC1.O=C(CN1CCCCCN(CC(=O)N2CCOCC2)Cc2cccc(n2)C1)N1CCOCC1.c1cc2nc(c1)CNCCCCCNC2. The van der Waals surface area contributed by atoms with E-state index in [0.29, 0.717) is 97.3 Å². The molecule has 0 saturated carbocycles. The third-order valence-corrected chi connectivity index (χ3v) is 11.2. The van der Waals surface area contributed by atoms with Crippen molar-refractivity contribution in [2.45, 2.75) is 64.7 Å². The Kier molecular flexibility index (Phi) is 21.3. The Balaban J connectivity index is 0.000000209. The van der Waals surface area contributed by atoms with Crippen molar-refractivity contribution in [2.75, 3.05) is 124 Å². The number of fused-ring (bicyclic) bond motifs is 4. The van der Waals surface area contributed by atoms with E-state index >= 15 is 0 Å². The molecule has 3 amide bonds. The lowest BCUT2D eigenvalue weighted by atomic mass is 10.2. The van der Waals surface area contributed by atoms with Crippen LogP contribution in [0.15, 0.2) is 36.4 Å². The second kappa shape index (κ2) is 26.9. The zero-order valence-corrected chi connectivity index (χ0v) is 36.0. The van der Waals surface area contributed by atoms with Gasteiger partial charge in [-0.15, -0.1) is 0 Å². The Morgan fingerprint density at radius 2 is 0.897 bits per heavy atom. The van der Waals surface area contributed by atoms with E-state index in [1.165, 1.54) is 19.3 Å². The van der Waals surface area contributed by atoms with Gasteiger partial charge in [-0.1, -0.05) is 40.9 Å². The van der Waals surface area contributed by atoms with E-state index in [9.17, 15) is 14.4 Å². The first kappa shape index (κ1) is 46.0. The molecule has 0 atom stereocenters. The van der Waals surface area contributed by atoms with E-state index in [0.717, 1.165) is 94.4 Å². The summed E-state index contributed by atoms with van der Waals surface area (Å²) in [6.07, 6.45) is 6.97. The molecule has 322 valence electrons. The Hall–Kier alpha value is -3.09. The summed E-state index contributed by atoms with van der Waals surface area (Å²) in [7, 11) is 0. The van der Waals surface area contributed by atoms with Gasteiger partial charge in [-0.3, -0.25) is 34.2 Å². The van der Waals surface area contributed by atoms with Gasteiger partial charge in [-0.25, -0.2) is 0 Å². The van der Waals surface area contributed by atoms with Crippen LogP contribution < -0.4 is 10.6 Å². The molecule has 0 radical (unpaired) electrons. The molecule has 58 heavy (non-hydrogen) atoms. The summed E-state index contributed by atoms with van der Waals surface area (Å²) < 4.78 is 15.8. The third-order valence-electron chi connectivity index (χ3n) is 10.7. The largest absolute Gasteiger partial charge is 0.378 e. The fourth-order valence-corrected chi connectivity index (χ4v) is 7.74. The molecule has 7 rings (SSSR count). The van der Waals surface area contributed by atoms with Crippen LogP contribution in [0.3, 0.4) is 0 Å². The van der Waals surface area contributed by atoms with Gasteiger partial charge in [0.1, 0.15) is 0 Å². The van der Waals surface area contributed by atoms with E-state index in [1.807, 2.05) is 28.0 Å². The maximum absolute atomic E-state index is 12.8. The summed E-state index contributed by atoms with van der Waals surface area (Å²) in [5.41, 5.74) is 4.24. The van der Waals surface area contributed by atoms with Crippen LogP contribution in [0.2, 0.25) is 0 Å². The Morgan fingerprint density at radius 3 is 1.33 bits per heavy atom. The van der Waals surface area contributed by atoms with Gasteiger partial charge in [0.15, 0.2) is 0 Å². The van der Waals surface area contributed by atoms with Crippen LogP contribution in [-0.4, -0.2) is 176 Å². The molecule has 0 spiro atoms. The molecule has 3 fully saturated rings. The first-order chi connectivity index (χ1) is 28.5. The number of nitrogens with one attached hydrogen (secondary N) is 2. The fraction of sp³-hybridized carbons (Fsp3) is 0.690. The maximum atomic E-state index is 12.8. The highest BCUT2D eigenvalue weighted by Gasteiger charge is 2.23. The molecular weight excluding hydrogens is 806 g/mol. The monoisotopic (exact) mass is 871 g/mol. The number of carbonyl (C=O) groups is 3. The lowest BCUT2D eigenvalue weighted by Crippen LogP contribution is -2.46. The Morgan fingerprint density at radius 1 is 0.517 bits per heavy atom. The Bertz CT molecular complexity index is 1420. The second-order valence-corrected chi connectivity index (χ2v) is 15.8. The predicted molar refractivity (Wildman–Crippen MR) is 226 cm³/mol. The topological polar surface area (TPSA) is 145 Å². The van der Waals surface area contributed by atoms with Gasteiger partial charge in [-0.05, 0) is 76.1 Å². The van der Waals surface area contributed by atoms with E-state index in [4.69, 9.17) is 19.2 Å². The van der Waals surface area contributed by atoms with Gasteiger partial charge >= 0.3 is 0 Å². The average Bonchev–Trinajstić information content (AvgIpc) is 3.26. The smallest absolute Gasteiger partial charge is 0.236 e. The van der Waals surface area contributed by atoms with Gasteiger partial charge in [0, 0.05) is 65.4 Å². The number of hydrogen-bond acceptors (Lipinski definition) is 12. The zero-order chi connectivity index (χ0) is 40.6. The molecule has 7 heterocycles. The van der Waals surface area contributed by atoms with Crippen LogP contribution in [0, 0.1) is 0 Å². The van der Waals surface area contributed by atoms with Crippen LogP contribution in [0.4, 0.5) is 0 Å². The molecule has 2 aromatic rings. The summed E-state index contributed by atoms with van der Waals surface area (Å²) in [5, 5.41) is 7.28. The second-order valence-electron chi connectivity index (χ2n) is 15.2. The number of nitrogens with zero attached hydrogens (tertiary/aromatic N) is 7. The van der Waals surface area contributed by atoms with Gasteiger partial charge in [0.05, 0.1) is 80.8 Å². The number of morpholine rings is 3. The number of alkyl halides is 1. The maximum Gasteiger partial charge on any atom is 0.236 e. The van der Waals surface area contributed by atoms with E-state index in [1.54, 1.807) is 4.90 Å². The van der Waals surface area contributed by atoms with Crippen molar-refractivity contribution in [3.63, 3.8) is 0 Å². The molecule has 2 aromatic heterocycles. The molecule has 4 bridgehead atoms. The van der Waals surface area contributed by atoms with Crippen molar-refractivity contribution in [1.82, 2.24) is 45.1 Å². The van der Waals surface area contributed by atoms with Crippen molar-refractivity contribution in [1.29, 1.82) is 0 Å². The van der Waals surface area contributed by atoms with Crippen LogP contribution in [0.1, 0.15) is 61.3 Å². The fourth-order valence-electron chi connectivity index (χ4n) is 7.38. The van der Waals surface area contributed by atoms with Crippen molar-refractivity contribution in [3.8, 4) is 0 Å². The molecule has 0 aromatic carbocycles. The summed E-state index contributed by atoms with van der Waals surface area (Å²) in [4.78, 5) is 56.1. The van der Waals surface area contributed by atoms with Crippen molar-refractivity contribution >= 4 is 33.7 Å². The van der Waals surface area contributed by atoms with Crippen LogP contribution in [-0.2, 0) is 54.8 Å². The molecule has 2 N–H and O–H groups in total. The molecular formula is C42H66BrN9O6. The molecule has 3 saturated heterocycles. The predicted octanol–water partition coefficient (Wildman–Crippen LogP) is 2.27. The van der Waals surface area contributed by atoms with Crippen LogP contribution in [0.5, 0.6) is 0 Å². The highest BCUT2D eigenvalue weighted by atomic mass is 79.9.